The number of rotatable bonds is 5. The fraction of sp³-hybridized carbons (Fsp3) is 0.231. The van der Waals surface area contributed by atoms with Crippen LogP contribution in [0.25, 0.3) is 11.1 Å². The Morgan fingerprint density at radius 2 is 2.23 bits per heavy atom. The number of aryl methyl sites for hydroxylation is 1. The Morgan fingerprint density at radius 3 is 2.95 bits per heavy atom. The summed E-state index contributed by atoms with van der Waals surface area (Å²) in [5.74, 6) is -0.613. The molecular weight excluding hydrogens is 326 g/mol. The summed E-state index contributed by atoms with van der Waals surface area (Å²) in [6.07, 6.45) is 0.581. The molecule has 1 aromatic carbocycles. The van der Waals surface area contributed by atoms with Gasteiger partial charge in [0.15, 0.2) is 5.58 Å². The summed E-state index contributed by atoms with van der Waals surface area (Å²) in [4.78, 5) is 18.8. The van der Waals surface area contributed by atoms with Gasteiger partial charge in [0.25, 0.3) is 0 Å². The first-order valence-electron chi connectivity index (χ1n) is 6.47. The van der Waals surface area contributed by atoms with Crippen molar-refractivity contribution in [2.24, 2.45) is 0 Å². The number of nitrogens with zero attached hydrogens (tertiary/aromatic N) is 1. The molecule has 116 valence electrons. The summed E-state index contributed by atoms with van der Waals surface area (Å²) in [7, 11) is -3.65. The number of fused-ring (bicyclic) bond motifs is 1. The van der Waals surface area contributed by atoms with Crippen molar-refractivity contribution in [1.29, 1.82) is 0 Å². The molecule has 3 rings (SSSR count). The predicted molar refractivity (Wildman–Crippen MR) is 82.6 cm³/mol. The molecule has 2 heterocycles. The van der Waals surface area contributed by atoms with Gasteiger partial charge >= 0.3 is 5.76 Å². The molecule has 0 saturated carbocycles. The van der Waals surface area contributed by atoms with E-state index in [0.29, 0.717) is 11.9 Å². The summed E-state index contributed by atoms with van der Waals surface area (Å²) in [6, 6.07) is 4.25. The third-order valence-electron chi connectivity index (χ3n) is 3.19. The fourth-order valence-corrected chi connectivity index (χ4v) is 3.87. The number of H-pyrrole nitrogens is 1. The van der Waals surface area contributed by atoms with E-state index in [1.165, 1.54) is 29.5 Å². The highest BCUT2D eigenvalue weighted by molar-refractivity contribution is 7.89. The van der Waals surface area contributed by atoms with Crippen molar-refractivity contribution < 1.29 is 12.8 Å². The molecule has 3 aromatic rings. The normalized spacial score (nSPS) is 12.0. The van der Waals surface area contributed by atoms with Crippen LogP contribution < -0.4 is 10.5 Å². The summed E-state index contributed by atoms with van der Waals surface area (Å²) in [5, 5.41) is 0. The van der Waals surface area contributed by atoms with Crippen LogP contribution >= 0.6 is 11.3 Å². The second-order valence-corrected chi connectivity index (χ2v) is 7.39. The van der Waals surface area contributed by atoms with Crippen LogP contribution in [0, 0.1) is 6.92 Å². The number of aromatic nitrogens is 2. The standard InChI is InChI=1S/C13H13N3O4S2/c1-8-12(21-7-14-8)4-5-15-22(18,19)9-2-3-10-11(6-9)20-13(17)16-10/h2-3,6-7,15H,4-5H2,1H3,(H,16,17). The van der Waals surface area contributed by atoms with Crippen LogP contribution in [-0.4, -0.2) is 24.9 Å². The lowest BCUT2D eigenvalue weighted by atomic mass is 10.3. The van der Waals surface area contributed by atoms with Crippen LogP contribution in [0.3, 0.4) is 0 Å². The molecule has 2 aromatic heterocycles. The Labute approximate surface area is 130 Å². The number of sulfonamides is 1. The molecule has 9 heteroatoms. The number of hydrogen-bond acceptors (Lipinski definition) is 6. The van der Waals surface area contributed by atoms with Gasteiger partial charge in [-0.25, -0.2) is 22.9 Å². The minimum atomic E-state index is -3.65. The third kappa shape index (κ3) is 2.96. The van der Waals surface area contributed by atoms with Crippen LogP contribution in [0.4, 0.5) is 0 Å². The molecule has 0 amide bonds. The average Bonchev–Trinajstić information content (AvgIpc) is 3.02. The lowest BCUT2D eigenvalue weighted by Gasteiger charge is -2.06. The SMILES string of the molecule is Cc1ncsc1CCNS(=O)(=O)c1ccc2[nH]c(=O)oc2c1. The van der Waals surface area contributed by atoms with E-state index in [0.717, 1.165) is 10.6 Å². The van der Waals surface area contributed by atoms with Gasteiger partial charge in [-0.1, -0.05) is 0 Å². The van der Waals surface area contributed by atoms with E-state index in [9.17, 15) is 13.2 Å². The van der Waals surface area contributed by atoms with Crippen LogP contribution in [-0.2, 0) is 16.4 Å². The first kappa shape index (κ1) is 14.9. The molecule has 0 aliphatic carbocycles. The molecule has 0 aliphatic heterocycles. The smallest absolute Gasteiger partial charge is 0.408 e. The van der Waals surface area contributed by atoms with Crippen molar-refractivity contribution in [1.82, 2.24) is 14.7 Å². The largest absolute Gasteiger partial charge is 0.417 e. The quantitative estimate of drug-likeness (QED) is 0.731. The summed E-state index contributed by atoms with van der Waals surface area (Å²) < 4.78 is 31.9. The maximum atomic E-state index is 12.2. The summed E-state index contributed by atoms with van der Waals surface area (Å²) >= 11 is 1.50. The van der Waals surface area contributed by atoms with Crippen molar-refractivity contribution in [3.8, 4) is 0 Å². The van der Waals surface area contributed by atoms with E-state index in [4.69, 9.17) is 4.42 Å². The monoisotopic (exact) mass is 339 g/mol. The molecule has 0 atom stereocenters. The molecule has 0 radical (unpaired) electrons. The van der Waals surface area contributed by atoms with Gasteiger partial charge in [0.2, 0.25) is 10.0 Å². The molecule has 22 heavy (non-hydrogen) atoms. The molecule has 7 nitrogen and oxygen atoms in total. The van der Waals surface area contributed by atoms with Gasteiger partial charge in [0, 0.05) is 17.5 Å². The van der Waals surface area contributed by atoms with E-state index in [-0.39, 0.29) is 17.0 Å². The highest BCUT2D eigenvalue weighted by Gasteiger charge is 2.15. The van der Waals surface area contributed by atoms with E-state index in [1.807, 2.05) is 6.92 Å². The predicted octanol–water partition coefficient (Wildman–Crippen LogP) is 1.41. The average molecular weight is 339 g/mol. The molecular formula is C13H13N3O4S2. The second-order valence-electron chi connectivity index (χ2n) is 4.68. The minimum Gasteiger partial charge on any atom is -0.408 e. The van der Waals surface area contributed by atoms with Crippen LogP contribution in [0.15, 0.2) is 37.8 Å². The van der Waals surface area contributed by atoms with E-state index in [2.05, 4.69) is 14.7 Å². The number of nitrogens with one attached hydrogen (secondary N) is 2. The number of hydrogen-bond donors (Lipinski definition) is 2. The maximum Gasteiger partial charge on any atom is 0.417 e. The Morgan fingerprint density at radius 1 is 1.41 bits per heavy atom. The van der Waals surface area contributed by atoms with Gasteiger partial charge in [-0.3, -0.25) is 4.98 Å². The highest BCUT2D eigenvalue weighted by Crippen LogP contribution is 2.17. The third-order valence-corrected chi connectivity index (χ3v) is 5.65. The molecule has 0 spiro atoms. The molecule has 0 bridgehead atoms. The highest BCUT2D eigenvalue weighted by atomic mass is 32.2. The number of benzene rings is 1. The minimum absolute atomic E-state index is 0.0591. The molecule has 0 unspecified atom stereocenters. The lowest BCUT2D eigenvalue weighted by Crippen LogP contribution is -2.25. The lowest BCUT2D eigenvalue weighted by molar-refractivity contribution is 0.553. The Balaban J connectivity index is 1.76. The van der Waals surface area contributed by atoms with Crippen molar-refractivity contribution in [3.63, 3.8) is 0 Å². The Kier molecular flexibility index (Phi) is 3.85. The van der Waals surface area contributed by atoms with Gasteiger partial charge in [-0.2, -0.15) is 0 Å². The molecule has 0 aliphatic rings. The van der Waals surface area contributed by atoms with Gasteiger partial charge in [0.05, 0.1) is 21.6 Å². The van der Waals surface area contributed by atoms with Crippen LogP contribution in [0.2, 0.25) is 0 Å². The van der Waals surface area contributed by atoms with Gasteiger partial charge in [0.1, 0.15) is 0 Å². The Bertz CT molecular complexity index is 969. The number of oxazole rings is 1. The van der Waals surface area contributed by atoms with Crippen molar-refractivity contribution in [2.45, 2.75) is 18.2 Å². The molecule has 2 N–H and O–H groups in total. The fourth-order valence-electron chi connectivity index (χ4n) is 2.04. The topological polar surface area (TPSA) is 105 Å². The summed E-state index contributed by atoms with van der Waals surface area (Å²) in [5.41, 5.74) is 3.33. The van der Waals surface area contributed by atoms with Crippen LogP contribution in [0.1, 0.15) is 10.6 Å². The zero-order chi connectivity index (χ0) is 15.7. The van der Waals surface area contributed by atoms with Crippen molar-refractivity contribution in [2.75, 3.05) is 6.54 Å². The second kappa shape index (κ2) is 5.67. The Hall–Kier alpha value is -1.97. The van der Waals surface area contributed by atoms with E-state index in [1.54, 1.807) is 5.51 Å². The van der Waals surface area contributed by atoms with Gasteiger partial charge in [-0.15, -0.1) is 11.3 Å². The molecule has 0 saturated heterocycles. The van der Waals surface area contributed by atoms with Crippen molar-refractivity contribution in [3.05, 3.63) is 44.8 Å². The zero-order valence-corrected chi connectivity index (χ0v) is 13.3. The first-order chi connectivity index (χ1) is 10.5. The van der Waals surface area contributed by atoms with E-state index >= 15 is 0 Å². The van der Waals surface area contributed by atoms with Gasteiger partial charge in [-0.05, 0) is 25.5 Å². The van der Waals surface area contributed by atoms with Crippen molar-refractivity contribution >= 4 is 32.5 Å². The molecule has 0 fully saturated rings. The van der Waals surface area contributed by atoms with E-state index < -0.39 is 15.8 Å². The number of aromatic amines is 1. The summed E-state index contributed by atoms with van der Waals surface area (Å²) in [6.45, 7) is 2.17. The first-order valence-corrected chi connectivity index (χ1v) is 8.83. The zero-order valence-electron chi connectivity index (χ0n) is 11.6. The number of thiazole rings is 1. The van der Waals surface area contributed by atoms with Gasteiger partial charge < -0.3 is 4.42 Å². The maximum absolute atomic E-state index is 12.2. The van der Waals surface area contributed by atoms with Crippen LogP contribution in [0.5, 0.6) is 0 Å².